The number of benzene rings is 1. The van der Waals surface area contributed by atoms with Crippen LogP contribution < -0.4 is 0 Å². The van der Waals surface area contributed by atoms with Crippen LogP contribution in [0.15, 0.2) is 42.5 Å². The van der Waals surface area contributed by atoms with E-state index >= 15 is 0 Å². The molecule has 0 saturated heterocycles. The number of rotatable bonds is 8. The summed E-state index contributed by atoms with van der Waals surface area (Å²) in [6.45, 7) is 2.19. The van der Waals surface area contributed by atoms with Gasteiger partial charge in [0, 0.05) is 26.7 Å². The van der Waals surface area contributed by atoms with Crippen LogP contribution in [0, 0.1) is 0 Å². The molecule has 0 amide bonds. The van der Waals surface area contributed by atoms with Gasteiger partial charge in [-0.15, -0.1) is 22.9 Å². The van der Waals surface area contributed by atoms with Crippen LogP contribution in [0.1, 0.15) is 31.1 Å². The topological polar surface area (TPSA) is 26.3 Å². The maximum atomic E-state index is 11.8. The van der Waals surface area contributed by atoms with Crippen molar-refractivity contribution >= 4 is 46.1 Å². The maximum absolute atomic E-state index is 11.8. The Labute approximate surface area is 157 Å². The van der Waals surface area contributed by atoms with E-state index in [1.54, 1.807) is 17.4 Å². The molecular formula is C19H20Cl2O2S. The summed E-state index contributed by atoms with van der Waals surface area (Å²) in [7, 11) is 0. The van der Waals surface area contributed by atoms with E-state index in [9.17, 15) is 4.79 Å². The molecule has 128 valence electrons. The van der Waals surface area contributed by atoms with E-state index in [0.717, 1.165) is 45.2 Å². The minimum Gasteiger partial charge on any atom is -0.463 e. The molecule has 0 unspecified atom stereocenters. The molecule has 2 rings (SSSR count). The number of thiophene rings is 1. The Bertz CT molecular complexity index is 690. The standard InChI is InChI=1S/C19H20Cl2O2S/c1-2-23-19(22)13-15(5-3-4-12-20)18-11-10-17(24-18)14-6-8-16(21)9-7-14/h6-11,13H,2-5,12H2,1H3/b15-13-. The summed E-state index contributed by atoms with van der Waals surface area (Å²) in [4.78, 5) is 14.1. The Kier molecular flexibility index (Phi) is 7.83. The van der Waals surface area contributed by atoms with Gasteiger partial charge in [-0.2, -0.15) is 0 Å². The van der Waals surface area contributed by atoms with Gasteiger partial charge in [-0.3, -0.25) is 0 Å². The summed E-state index contributed by atoms with van der Waals surface area (Å²) in [5.74, 6) is 0.340. The van der Waals surface area contributed by atoms with Crippen LogP contribution in [0.4, 0.5) is 0 Å². The van der Waals surface area contributed by atoms with Crippen LogP contribution in [-0.2, 0) is 9.53 Å². The molecule has 0 fully saturated rings. The van der Waals surface area contributed by atoms with Gasteiger partial charge in [0.2, 0.25) is 0 Å². The van der Waals surface area contributed by atoms with E-state index < -0.39 is 0 Å². The number of hydrogen-bond acceptors (Lipinski definition) is 3. The van der Waals surface area contributed by atoms with Crippen molar-refractivity contribution in [3.05, 3.63) is 52.4 Å². The minimum absolute atomic E-state index is 0.292. The number of carbonyl (C=O) groups is 1. The zero-order valence-corrected chi connectivity index (χ0v) is 15.9. The molecule has 1 aromatic carbocycles. The predicted molar refractivity (Wildman–Crippen MR) is 104 cm³/mol. The van der Waals surface area contributed by atoms with Gasteiger partial charge in [0.15, 0.2) is 0 Å². The van der Waals surface area contributed by atoms with Crippen molar-refractivity contribution in [2.24, 2.45) is 0 Å². The second kappa shape index (κ2) is 9.87. The summed E-state index contributed by atoms with van der Waals surface area (Å²) >= 11 is 13.4. The zero-order valence-electron chi connectivity index (χ0n) is 13.6. The third kappa shape index (κ3) is 5.66. The Balaban J connectivity index is 2.22. The lowest BCUT2D eigenvalue weighted by atomic mass is 10.1. The smallest absolute Gasteiger partial charge is 0.331 e. The van der Waals surface area contributed by atoms with Gasteiger partial charge < -0.3 is 4.74 Å². The van der Waals surface area contributed by atoms with Crippen LogP contribution >= 0.6 is 34.5 Å². The molecule has 0 atom stereocenters. The number of allylic oxidation sites excluding steroid dienone is 1. The highest BCUT2D eigenvalue weighted by Gasteiger charge is 2.10. The number of unbranched alkanes of at least 4 members (excludes halogenated alkanes) is 1. The molecule has 1 aromatic heterocycles. The van der Waals surface area contributed by atoms with E-state index in [-0.39, 0.29) is 5.97 Å². The highest BCUT2D eigenvalue weighted by molar-refractivity contribution is 7.16. The molecular weight excluding hydrogens is 363 g/mol. The molecule has 0 radical (unpaired) electrons. The Morgan fingerprint density at radius 3 is 2.58 bits per heavy atom. The molecule has 2 nitrogen and oxygen atoms in total. The van der Waals surface area contributed by atoms with Crippen LogP contribution in [0.2, 0.25) is 5.02 Å². The molecule has 0 aliphatic carbocycles. The molecule has 2 aromatic rings. The summed E-state index contributed by atoms with van der Waals surface area (Å²) in [5.41, 5.74) is 2.12. The van der Waals surface area contributed by atoms with E-state index in [2.05, 4.69) is 12.1 Å². The molecule has 24 heavy (non-hydrogen) atoms. The fourth-order valence-corrected chi connectivity index (χ4v) is 3.65. The van der Waals surface area contributed by atoms with Crippen LogP contribution in [-0.4, -0.2) is 18.5 Å². The number of alkyl halides is 1. The molecule has 0 bridgehead atoms. The van der Waals surface area contributed by atoms with Crippen molar-refractivity contribution in [3.8, 4) is 10.4 Å². The van der Waals surface area contributed by atoms with Crippen molar-refractivity contribution in [1.82, 2.24) is 0 Å². The average molecular weight is 383 g/mol. The van der Waals surface area contributed by atoms with Crippen molar-refractivity contribution in [1.29, 1.82) is 0 Å². The van der Waals surface area contributed by atoms with Crippen LogP contribution in [0.3, 0.4) is 0 Å². The van der Waals surface area contributed by atoms with Gasteiger partial charge in [-0.05, 0) is 61.6 Å². The highest BCUT2D eigenvalue weighted by Crippen LogP contribution is 2.34. The lowest BCUT2D eigenvalue weighted by molar-refractivity contribution is -0.137. The quantitative estimate of drug-likeness (QED) is 0.227. The molecule has 5 heteroatoms. The lowest BCUT2D eigenvalue weighted by Gasteiger charge is -2.05. The molecule has 0 saturated carbocycles. The van der Waals surface area contributed by atoms with Crippen molar-refractivity contribution in [2.75, 3.05) is 12.5 Å². The SMILES string of the molecule is CCOC(=O)/C=C(/CCCCCl)c1ccc(-c2ccc(Cl)cc2)s1. The minimum atomic E-state index is -0.292. The summed E-state index contributed by atoms with van der Waals surface area (Å²) in [5, 5.41) is 0.722. The second-order valence-electron chi connectivity index (χ2n) is 5.24. The van der Waals surface area contributed by atoms with E-state index in [1.165, 1.54) is 0 Å². The summed E-state index contributed by atoms with van der Waals surface area (Å²) in [6, 6.07) is 11.9. The molecule has 1 heterocycles. The van der Waals surface area contributed by atoms with Gasteiger partial charge in [-0.1, -0.05) is 23.7 Å². The second-order valence-corrected chi connectivity index (χ2v) is 7.14. The fraction of sp³-hybridized carbons (Fsp3) is 0.316. The maximum Gasteiger partial charge on any atom is 0.331 e. The number of esters is 1. The first-order chi connectivity index (χ1) is 11.6. The molecule has 0 spiro atoms. The number of ether oxygens (including phenoxy) is 1. The first-order valence-electron chi connectivity index (χ1n) is 7.93. The predicted octanol–water partition coefficient (Wildman–Crippen LogP) is 6.42. The normalized spacial score (nSPS) is 11.5. The van der Waals surface area contributed by atoms with Crippen molar-refractivity contribution in [2.45, 2.75) is 26.2 Å². The number of halogens is 2. The van der Waals surface area contributed by atoms with E-state index in [0.29, 0.717) is 12.5 Å². The van der Waals surface area contributed by atoms with Gasteiger partial charge in [-0.25, -0.2) is 4.79 Å². The first-order valence-corrected chi connectivity index (χ1v) is 9.66. The Morgan fingerprint density at radius 1 is 1.17 bits per heavy atom. The number of carbonyl (C=O) groups excluding carboxylic acids is 1. The lowest BCUT2D eigenvalue weighted by Crippen LogP contribution is -2.00. The van der Waals surface area contributed by atoms with Gasteiger partial charge >= 0.3 is 5.97 Å². The average Bonchev–Trinajstić information content (AvgIpc) is 3.05. The largest absolute Gasteiger partial charge is 0.463 e. The van der Waals surface area contributed by atoms with Gasteiger partial charge in [0.05, 0.1) is 6.61 Å². The van der Waals surface area contributed by atoms with E-state index in [1.807, 2.05) is 31.2 Å². The zero-order chi connectivity index (χ0) is 17.4. The molecule has 0 aliphatic heterocycles. The molecule has 0 N–H and O–H groups in total. The van der Waals surface area contributed by atoms with Crippen LogP contribution in [0.25, 0.3) is 16.0 Å². The summed E-state index contributed by atoms with van der Waals surface area (Å²) < 4.78 is 5.05. The summed E-state index contributed by atoms with van der Waals surface area (Å²) in [6.07, 6.45) is 4.29. The monoisotopic (exact) mass is 382 g/mol. The van der Waals surface area contributed by atoms with Gasteiger partial charge in [0.1, 0.15) is 0 Å². The van der Waals surface area contributed by atoms with Gasteiger partial charge in [0.25, 0.3) is 0 Å². The number of hydrogen-bond donors (Lipinski definition) is 0. The Hall–Kier alpha value is -1.29. The third-order valence-electron chi connectivity index (χ3n) is 3.46. The highest BCUT2D eigenvalue weighted by atomic mass is 35.5. The molecule has 0 aliphatic rings. The third-order valence-corrected chi connectivity index (χ3v) is 5.19. The van der Waals surface area contributed by atoms with Crippen molar-refractivity contribution < 1.29 is 9.53 Å². The first kappa shape index (κ1) is 19.0. The van der Waals surface area contributed by atoms with Crippen molar-refractivity contribution in [3.63, 3.8) is 0 Å². The van der Waals surface area contributed by atoms with Crippen LogP contribution in [0.5, 0.6) is 0 Å². The van der Waals surface area contributed by atoms with E-state index in [4.69, 9.17) is 27.9 Å². The Morgan fingerprint density at radius 2 is 1.92 bits per heavy atom. The fourth-order valence-electron chi connectivity index (χ4n) is 2.28.